The van der Waals surface area contributed by atoms with E-state index >= 15 is 0 Å². The van der Waals surface area contributed by atoms with Gasteiger partial charge in [0.1, 0.15) is 5.69 Å². The number of pyridine rings is 1. The Hall–Kier alpha value is -2.69. The Morgan fingerprint density at radius 3 is 2.79 bits per heavy atom. The average Bonchev–Trinajstić information content (AvgIpc) is 2.98. The lowest BCUT2D eigenvalue weighted by atomic mass is 9.71. The molecule has 0 unspecified atom stereocenters. The summed E-state index contributed by atoms with van der Waals surface area (Å²) in [6, 6.07) is 15.6. The van der Waals surface area contributed by atoms with Crippen molar-refractivity contribution in [3.63, 3.8) is 0 Å². The van der Waals surface area contributed by atoms with Crippen LogP contribution in [-0.2, 0) is 11.3 Å². The Labute approximate surface area is 166 Å². The molecule has 0 bridgehead atoms. The average molecular weight is 377 g/mol. The highest BCUT2D eigenvalue weighted by molar-refractivity contribution is 5.92. The molecule has 146 valence electrons. The molecule has 1 N–H and O–H groups in total. The second-order valence-electron chi connectivity index (χ2n) is 8.17. The normalized spacial score (nSPS) is 24.5. The Balaban J connectivity index is 1.41. The predicted octanol–water partition coefficient (Wildman–Crippen LogP) is 3.48. The maximum atomic E-state index is 13.2. The van der Waals surface area contributed by atoms with Crippen LogP contribution in [0.3, 0.4) is 0 Å². The van der Waals surface area contributed by atoms with Crippen LogP contribution in [0.4, 0.5) is 0 Å². The zero-order chi connectivity index (χ0) is 19.6. The number of carbonyl (C=O) groups excluding carboxylic acids is 2. The zero-order valence-corrected chi connectivity index (χ0v) is 16.4. The summed E-state index contributed by atoms with van der Waals surface area (Å²) in [4.78, 5) is 32.1. The molecule has 1 aromatic heterocycles. The fourth-order valence-corrected chi connectivity index (χ4v) is 4.68. The van der Waals surface area contributed by atoms with E-state index in [1.165, 1.54) is 5.56 Å². The molecule has 1 aliphatic heterocycles. The number of amides is 2. The lowest BCUT2D eigenvalue weighted by molar-refractivity contribution is -0.138. The van der Waals surface area contributed by atoms with Gasteiger partial charge in [-0.25, -0.2) is 4.98 Å². The van der Waals surface area contributed by atoms with Crippen molar-refractivity contribution in [3.05, 3.63) is 65.5 Å². The Morgan fingerprint density at radius 1 is 1.18 bits per heavy atom. The second-order valence-corrected chi connectivity index (χ2v) is 8.17. The second kappa shape index (κ2) is 7.74. The Kier molecular flexibility index (Phi) is 5.16. The van der Waals surface area contributed by atoms with E-state index in [0.717, 1.165) is 44.3 Å². The van der Waals surface area contributed by atoms with Gasteiger partial charge in [-0.15, -0.1) is 0 Å². The number of benzene rings is 1. The minimum Gasteiger partial charge on any atom is -0.348 e. The first-order valence-corrected chi connectivity index (χ1v) is 10.1. The molecule has 2 aromatic rings. The van der Waals surface area contributed by atoms with Gasteiger partial charge in [-0.2, -0.15) is 0 Å². The number of aryl methyl sites for hydroxylation is 1. The number of hydrogen-bond donors (Lipinski definition) is 1. The highest BCUT2D eigenvalue weighted by Crippen LogP contribution is 2.45. The highest BCUT2D eigenvalue weighted by Gasteiger charge is 2.49. The third-order valence-corrected chi connectivity index (χ3v) is 6.12. The Bertz CT molecular complexity index is 867. The van der Waals surface area contributed by atoms with E-state index in [-0.39, 0.29) is 23.3 Å². The maximum Gasteiger partial charge on any atom is 0.270 e. The monoisotopic (exact) mass is 377 g/mol. The van der Waals surface area contributed by atoms with Crippen LogP contribution in [0.25, 0.3) is 0 Å². The fraction of sp³-hybridized carbons (Fsp3) is 0.435. The summed E-state index contributed by atoms with van der Waals surface area (Å²) < 4.78 is 0. The molecule has 1 saturated carbocycles. The number of nitrogens with one attached hydrogen (secondary N) is 1. The van der Waals surface area contributed by atoms with Gasteiger partial charge < -0.3 is 10.2 Å². The van der Waals surface area contributed by atoms with E-state index in [4.69, 9.17) is 0 Å². The van der Waals surface area contributed by atoms with E-state index in [9.17, 15) is 9.59 Å². The van der Waals surface area contributed by atoms with E-state index < -0.39 is 0 Å². The summed E-state index contributed by atoms with van der Waals surface area (Å²) >= 11 is 0. The molecule has 2 aliphatic rings. The summed E-state index contributed by atoms with van der Waals surface area (Å²) in [5.41, 5.74) is 2.13. The van der Waals surface area contributed by atoms with Crippen molar-refractivity contribution in [2.75, 3.05) is 6.54 Å². The number of likely N-dealkylation sites (tertiary alicyclic amines) is 1. The standard InChI is InChI=1S/C23H27N3O2/c1-17-7-5-11-20(24-17)21(27)25-19-10-6-12-23(15-19)13-14-26(22(23)28)16-18-8-3-2-4-9-18/h2-5,7-9,11,19H,6,10,12-16H2,1H3,(H,25,27)/t19-,23-/m0/s1. The minimum absolute atomic E-state index is 0.0317. The van der Waals surface area contributed by atoms with Gasteiger partial charge in [-0.05, 0) is 50.3 Å². The van der Waals surface area contributed by atoms with Gasteiger partial charge in [0.15, 0.2) is 0 Å². The van der Waals surface area contributed by atoms with Crippen molar-refractivity contribution in [2.45, 2.75) is 51.6 Å². The molecule has 1 aromatic carbocycles. The first-order valence-electron chi connectivity index (χ1n) is 10.1. The molecule has 1 spiro atoms. The van der Waals surface area contributed by atoms with E-state index in [1.54, 1.807) is 6.07 Å². The SMILES string of the molecule is Cc1cccc(C(=O)N[C@H]2CCC[C@]3(CCN(Cc4ccccc4)C3=O)C2)n1. The summed E-state index contributed by atoms with van der Waals surface area (Å²) in [6.45, 7) is 3.35. The molecular formula is C23H27N3O2. The summed E-state index contributed by atoms with van der Waals surface area (Å²) in [5, 5.41) is 3.13. The summed E-state index contributed by atoms with van der Waals surface area (Å²) in [7, 11) is 0. The van der Waals surface area contributed by atoms with Gasteiger partial charge >= 0.3 is 0 Å². The van der Waals surface area contributed by atoms with Crippen LogP contribution < -0.4 is 5.32 Å². The first-order chi connectivity index (χ1) is 13.6. The van der Waals surface area contributed by atoms with Gasteiger partial charge in [-0.3, -0.25) is 9.59 Å². The Morgan fingerprint density at radius 2 is 2.00 bits per heavy atom. The molecule has 5 nitrogen and oxygen atoms in total. The number of hydrogen-bond acceptors (Lipinski definition) is 3. The minimum atomic E-state index is -0.314. The number of rotatable bonds is 4. The van der Waals surface area contributed by atoms with Crippen LogP contribution in [0.15, 0.2) is 48.5 Å². The molecular weight excluding hydrogens is 350 g/mol. The molecule has 4 rings (SSSR count). The summed E-state index contributed by atoms with van der Waals surface area (Å²) in [5.74, 6) is 0.112. The van der Waals surface area contributed by atoms with Crippen LogP contribution in [0.2, 0.25) is 0 Å². The van der Waals surface area contributed by atoms with Crippen LogP contribution in [0.1, 0.15) is 53.8 Å². The number of aromatic nitrogens is 1. The van der Waals surface area contributed by atoms with Gasteiger partial charge in [0.2, 0.25) is 5.91 Å². The largest absolute Gasteiger partial charge is 0.348 e. The molecule has 2 heterocycles. The van der Waals surface area contributed by atoms with Crippen LogP contribution >= 0.6 is 0 Å². The number of nitrogens with zero attached hydrogens (tertiary/aromatic N) is 2. The van der Waals surface area contributed by atoms with Crippen molar-refractivity contribution in [1.82, 2.24) is 15.2 Å². The van der Waals surface area contributed by atoms with Gasteiger partial charge in [0.05, 0.1) is 5.41 Å². The topological polar surface area (TPSA) is 62.3 Å². The molecule has 5 heteroatoms. The van der Waals surface area contributed by atoms with E-state index in [1.807, 2.05) is 42.2 Å². The predicted molar refractivity (Wildman–Crippen MR) is 108 cm³/mol. The van der Waals surface area contributed by atoms with Crippen molar-refractivity contribution in [1.29, 1.82) is 0 Å². The molecule has 2 amide bonds. The highest BCUT2D eigenvalue weighted by atomic mass is 16.2. The van der Waals surface area contributed by atoms with Gasteiger partial charge in [0.25, 0.3) is 5.91 Å². The molecule has 0 radical (unpaired) electrons. The molecule has 1 saturated heterocycles. The van der Waals surface area contributed by atoms with Crippen molar-refractivity contribution in [2.24, 2.45) is 5.41 Å². The van der Waals surface area contributed by atoms with E-state index in [2.05, 4.69) is 22.4 Å². The zero-order valence-electron chi connectivity index (χ0n) is 16.4. The molecule has 2 fully saturated rings. The summed E-state index contributed by atoms with van der Waals surface area (Å²) in [6.07, 6.45) is 4.43. The third-order valence-electron chi connectivity index (χ3n) is 6.12. The lowest BCUT2D eigenvalue weighted by Gasteiger charge is -2.36. The third kappa shape index (κ3) is 3.79. The maximum absolute atomic E-state index is 13.2. The van der Waals surface area contributed by atoms with Gasteiger partial charge in [0, 0.05) is 24.8 Å². The van der Waals surface area contributed by atoms with Gasteiger partial charge in [-0.1, -0.05) is 42.8 Å². The quantitative estimate of drug-likeness (QED) is 0.887. The smallest absolute Gasteiger partial charge is 0.270 e. The molecule has 2 atom stereocenters. The van der Waals surface area contributed by atoms with Crippen molar-refractivity contribution >= 4 is 11.8 Å². The fourth-order valence-electron chi connectivity index (χ4n) is 4.68. The molecule has 28 heavy (non-hydrogen) atoms. The lowest BCUT2D eigenvalue weighted by Crippen LogP contribution is -2.45. The van der Waals surface area contributed by atoms with Crippen LogP contribution in [0.5, 0.6) is 0 Å². The van der Waals surface area contributed by atoms with E-state index in [0.29, 0.717) is 12.2 Å². The first kappa shape index (κ1) is 18.7. The van der Waals surface area contributed by atoms with Crippen molar-refractivity contribution in [3.8, 4) is 0 Å². The van der Waals surface area contributed by atoms with Crippen molar-refractivity contribution < 1.29 is 9.59 Å². The number of carbonyl (C=O) groups is 2. The molecule has 1 aliphatic carbocycles. The van der Waals surface area contributed by atoms with Crippen LogP contribution in [0, 0.1) is 12.3 Å². The van der Waals surface area contributed by atoms with Crippen LogP contribution in [-0.4, -0.2) is 34.3 Å².